The van der Waals surface area contributed by atoms with E-state index in [1.54, 1.807) is 0 Å². The van der Waals surface area contributed by atoms with Gasteiger partial charge in [0.1, 0.15) is 0 Å². The second kappa shape index (κ2) is 6.65. The molecule has 0 radical (unpaired) electrons. The van der Waals surface area contributed by atoms with E-state index in [0.29, 0.717) is 0 Å². The van der Waals surface area contributed by atoms with Crippen LogP contribution in [0.5, 0.6) is 0 Å². The molecule has 1 aromatic carbocycles. The van der Waals surface area contributed by atoms with Gasteiger partial charge in [0.2, 0.25) is 0 Å². The maximum Gasteiger partial charge on any atom is 0.0483 e. The van der Waals surface area contributed by atoms with Crippen LogP contribution in [0.15, 0.2) is 30.5 Å². The fraction of sp³-hybridized carbons (Fsp3) is 0.579. The molecule has 0 aliphatic carbocycles. The lowest BCUT2D eigenvalue weighted by Gasteiger charge is -2.21. The molecule has 2 heteroatoms. The van der Waals surface area contributed by atoms with Gasteiger partial charge in [-0.1, -0.05) is 26.0 Å². The minimum absolute atomic E-state index is 0.155. The molecule has 0 aliphatic rings. The van der Waals surface area contributed by atoms with Crippen LogP contribution in [0.3, 0.4) is 0 Å². The number of nitrogens with one attached hydrogen (secondary N) is 1. The third-order valence-electron chi connectivity index (χ3n) is 3.89. The standard InChI is InChI=1S/C19H30N2/c1-15(2)8-7-12-21-13-11-17-16(9-6-10-18(17)21)14-20-19(3,4)5/h6,9-11,13,15,20H,7-8,12,14H2,1-5H3. The van der Waals surface area contributed by atoms with E-state index < -0.39 is 0 Å². The quantitative estimate of drug-likeness (QED) is 0.793. The molecule has 0 amide bonds. The molecular formula is C19H30N2. The van der Waals surface area contributed by atoms with Crippen LogP contribution in [-0.4, -0.2) is 10.1 Å². The Kier molecular flexibility index (Phi) is 5.10. The highest BCUT2D eigenvalue weighted by Gasteiger charge is 2.11. The highest BCUT2D eigenvalue weighted by atomic mass is 15.0. The van der Waals surface area contributed by atoms with Gasteiger partial charge in [-0.05, 0) is 57.2 Å². The molecule has 0 saturated carbocycles. The molecule has 1 heterocycles. The molecule has 2 aromatic rings. The fourth-order valence-corrected chi connectivity index (χ4v) is 2.67. The zero-order chi connectivity index (χ0) is 15.5. The average Bonchev–Trinajstić information content (AvgIpc) is 2.79. The Bertz CT molecular complexity index is 573. The van der Waals surface area contributed by atoms with E-state index in [2.05, 4.69) is 75.0 Å². The van der Waals surface area contributed by atoms with Crippen molar-refractivity contribution < 1.29 is 0 Å². The molecule has 116 valence electrons. The second-order valence-corrected chi connectivity index (χ2v) is 7.50. The number of benzene rings is 1. The summed E-state index contributed by atoms with van der Waals surface area (Å²) in [6, 6.07) is 8.93. The zero-order valence-corrected chi connectivity index (χ0v) is 14.2. The topological polar surface area (TPSA) is 17.0 Å². The summed E-state index contributed by atoms with van der Waals surface area (Å²) in [6.07, 6.45) is 4.79. The molecule has 21 heavy (non-hydrogen) atoms. The first kappa shape index (κ1) is 16.1. The number of aromatic nitrogens is 1. The van der Waals surface area contributed by atoms with Gasteiger partial charge in [-0.2, -0.15) is 0 Å². The Morgan fingerprint density at radius 1 is 1.14 bits per heavy atom. The van der Waals surface area contributed by atoms with Crippen molar-refractivity contribution in [2.24, 2.45) is 5.92 Å². The van der Waals surface area contributed by atoms with Crippen LogP contribution < -0.4 is 5.32 Å². The Morgan fingerprint density at radius 3 is 2.57 bits per heavy atom. The monoisotopic (exact) mass is 286 g/mol. The predicted octanol–water partition coefficient (Wildman–Crippen LogP) is 4.97. The SMILES string of the molecule is CC(C)CCCn1ccc2c(CNC(C)(C)C)cccc21. The molecule has 1 aromatic heterocycles. The first-order valence-corrected chi connectivity index (χ1v) is 8.18. The average molecular weight is 286 g/mol. The highest BCUT2D eigenvalue weighted by Crippen LogP contribution is 2.21. The van der Waals surface area contributed by atoms with E-state index in [9.17, 15) is 0 Å². The number of nitrogens with zero attached hydrogens (tertiary/aromatic N) is 1. The molecule has 0 fully saturated rings. The molecule has 0 atom stereocenters. The first-order chi connectivity index (χ1) is 9.87. The van der Waals surface area contributed by atoms with E-state index in [1.807, 2.05) is 0 Å². The Morgan fingerprint density at radius 2 is 1.90 bits per heavy atom. The van der Waals surface area contributed by atoms with Gasteiger partial charge >= 0.3 is 0 Å². The lowest BCUT2D eigenvalue weighted by molar-refractivity contribution is 0.425. The van der Waals surface area contributed by atoms with Crippen LogP contribution in [0.2, 0.25) is 0 Å². The number of hydrogen-bond donors (Lipinski definition) is 1. The molecule has 2 nitrogen and oxygen atoms in total. The van der Waals surface area contributed by atoms with Gasteiger partial charge < -0.3 is 9.88 Å². The molecule has 0 saturated heterocycles. The Hall–Kier alpha value is -1.28. The van der Waals surface area contributed by atoms with E-state index >= 15 is 0 Å². The van der Waals surface area contributed by atoms with Gasteiger partial charge in [0.25, 0.3) is 0 Å². The molecule has 1 N–H and O–H groups in total. The number of aryl methyl sites for hydroxylation is 1. The van der Waals surface area contributed by atoms with Crippen molar-refractivity contribution >= 4 is 10.9 Å². The molecule has 0 spiro atoms. The molecule has 0 bridgehead atoms. The van der Waals surface area contributed by atoms with Crippen molar-refractivity contribution in [3.63, 3.8) is 0 Å². The minimum atomic E-state index is 0.155. The second-order valence-electron chi connectivity index (χ2n) is 7.50. The summed E-state index contributed by atoms with van der Waals surface area (Å²) in [6.45, 7) is 13.3. The third kappa shape index (κ3) is 4.60. The smallest absolute Gasteiger partial charge is 0.0483 e. The van der Waals surface area contributed by atoms with Crippen molar-refractivity contribution in [3.8, 4) is 0 Å². The number of hydrogen-bond acceptors (Lipinski definition) is 1. The summed E-state index contributed by atoms with van der Waals surface area (Å²) in [5, 5.41) is 4.98. The fourth-order valence-electron chi connectivity index (χ4n) is 2.67. The number of rotatable bonds is 6. The van der Waals surface area contributed by atoms with Gasteiger partial charge in [-0.3, -0.25) is 0 Å². The molecule has 2 rings (SSSR count). The van der Waals surface area contributed by atoms with Crippen molar-refractivity contribution in [2.45, 2.75) is 66.1 Å². The van der Waals surface area contributed by atoms with E-state index in [0.717, 1.165) is 19.0 Å². The lowest BCUT2D eigenvalue weighted by Crippen LogP contribution is -2.35. The highest BCUT2D eigenvalue weighted by molar-refractivity contribution is 5.83. The van der Waals surface area contributed by atoms with Crippen molar-refractivity contribution in [1.29, 1.82) is 0 Å². The summed E-state index contributed by atoms with van der Waals surface area (Å²) >= 11 is 0. The molecule has 0 aliphatic heterocycles. The van der Waals surface area contributed by atoms with Crippen molar-refractivity contribution in [2.75, 3.05) is 0 Å². The van der Waals surface area contributed by atoms with Crippen molar-refractivity contribution in [3.05, 3.63) is 36.0 Å². The van der Waals surface area contributed by atoms with Gasteiger partial charge in [0, 0.05) is 35.7 Å². The normalized spacial score (nSPS) is 12.5. The van der Waals surface area contributed by atoms with Crippen LogP contribution in [-0.2, 0) is 13.1 Å². The third-order valence-corrected chi connectivity index (χ3v) is 3.89. The summed E-state index contributed by atoms with van der Waals surface area (Å²) in [5.74, 6) is 0.790. The predicted molar refractivity (Wildman–Crippen MR) is 92.6 cm³/mol. The number of fused-ring (bicyclic) bond motifs is 1. The van der Waals surface area contributed by atoms with Gasteiger partial charge in [-0.15, -0.1) is 0 Å². The Balaban J connectivity index is 2.13. The van der Waals surface area contributed by atoms with Crippen LogP contribution in [0, 0.1) is 5.92 Å². The summed E-state index contributed by atoms with van der Waals surface area (Å²) in [4.78, 5) is 0. The first-order valence-electron chi connectivity index (χ1n) is 8.18. The molecular weight excluding hydrogens is 256 g/mol. The van der Waals surface area contributed by atoms with Crippen molar-refractivity contribution in [1.82, 2.24) is 9.88 Å². The van der Waals surface area contributed by atoms with Crippen LogP contribution >= 0.6 is 0 Å². The Labute approximate surface area is 129 Å². The van der Waals surface area contributed by atoms with E-state index in [1.165, 1.54) is 29.3 Å². The van der Waals surface area contributed by atoms with E-state index in [-0.39, 0.29) is 5.54 Å². The zero-order valence-electron chi connectivity index (χ0n) is 14.2. The van der Waals surface area contributed by atoms with Crippen LogP contribution in [0.1, 0.15) is 53.0 Å². The summed E-state index contributed by atoms with van der Waals surface area (Å²) in [5.41, 5.74) is 2.92. The van der Waals surface area contributed by atoms with Gasteiger partial charge in [0.05, 0.1) is 0 Å². The van der Waals surface area contributed by atoms with Crippen LogP contribution in [0.25, 0.3) is 10.9 Å². The maximum absolute atomic E-state index is 3.59. The molecule has 0 unspecified atom stereocenters. The maximum atomic E-state index is 3.59. The summed E-state index contributed by atoms with van der Waals surface area (Å²) < 4.78 is 2.40. The largest absolute Gasteiger partial charge is 0.347 e. The van der Waals surface area contributed by atoms with Gasteiger partial charge in [-0.25, -0.2) is 0 Å². The van der Waals surface area contributed by atoms with Crippen LogP contribution in [0.4, 0.5) is 0 Å². The van der Waals surface area contributed by atoms with Gasteiger partial charge in [0.15, 0.2) is 0 Å². The lowest BCUT2D eigenvalue weighted by atomic mass is 10.1. The minimum Gasteiger partial charge on any atom is -0.347 e. The van der Waals surface area contributed by atoms with E-state index in [4.69, 9.17) is 0 Å². The summed E-state index contributed by atoms with van der Waals surface area (Å²) in [7, 11) is 0.